The number of rotatable bonds is 3. The summed E-state index contributed by atoms with van der Waals surface area (Å²) in [7, 11) is 0. The second-order valence-corrected chi connectivity index (χ2v) is 8.07. The Bertz CT molecular complexity index is 904. The van der Waals surface area contributed by atoms with Crippen LogP contribution in [0.25, 0.3) is 5.69 Å². The van der Waals surface area contributed by atoms with E-state index < -0.39 is 0 Å². The molecule has 6 heteroatoms. The minimum atomic E-state index is 0.113. The molecule has 2 aromatic heterocycles. The predicted molar refractivity (Wildman–Crippen MR) is 103 cm³/mol. The summed E-state index contributed by atoms with van der Waals surface area (Å²) in [5.41, 5.74) is 2.78. The van der Waals surface area contributed by atoms with Crippen molar-refractivity contribution in [3.63, 3.8) is 0 Å². The van der Waals surface area contributed by atoms with Gasteiger partial charge >= 0.3 is 0 Å². The van der Waals surface area contributed by atoms with Crippen LogP contribution in [0.15, 0.2) is 42.7 Å². The van der Waals surface area contributed by atoms with Crippen LogP contribution in [0.3, 0.4) is 0 Å². The van der Waals surface area contributed by atoms with Crippen LogP contribution < -0.4 is 0 Å². The monoisotopic (exact) mass is 366 g/mol. The highest BCUT2D eigenvalue weighted by Crippen LogP contribution is 2.31. The summed E-state index contributed by atoms with van der Waals surface area (Å²) in [6, 6.07) is 9.67. The van der Waals surface area contributed by atoms with Crippen molar-refractivity contribution in [3.05, 3.63) is 63.9 Å². The molecule has 1 aliphatic rings. The van der Waals surface area contributed by atoms with Gasteiger partial charge in [-0.1, -0.05) is 0 Å². The molecule has 3 heterocycles. The van der Waals surface area contributed by atoms with Crippen molar-refractivity contribution in [3.8, 4) is 5.69 Å². The van der Waals surface area contributed by atoms with Crippen LogP contribution in [-0.4, -0.2) is 38.7 Å². The van der Waals surface area contributed by atoms with E-state index in [0.29, 0.717) is 5.92 Å². The zero-order valence-electron chi connectivity index (χ0n) is 15.1. The Balaban J connectivity index is 1.41. The van der Waals surface area contributed by atoms with E-state index in [1.165, 1.54) is 9.88 Å². The van der Waals surface area contributed by atoms with E-state index in [1.807, 2.05) is 53.0 Å². The number of nitrogens with zero attached hydrogens (tertiary/aromatic N) is 4. The number of carbonyl (C=O) groups is 1. The molecule has 5 nitrogen and oxygen atoms in total. The van der Waals surface area contributed by atoms with Gasteiger partial charge in [0.05, 0.1) is 10.7 Å². The number of benzene rings is 1. The summed E-state index contributed by atoms with van der Waals surface area (Å²) in [6.45, 7) is 5.69. The molecule has 0 N–H and O–H groups in total. The SMILES string of the molecule is Cc1cnc(C2CCN(C(=O)c3ccc(-n4nccc4C)cc3)CC2)s1. The molecule has 3 aromatic rings. The number of carbonyl (C=O) groups excluding carboxylic acids is 1. The number of aromatic nitrogens is 3. The minimum Gasteiger partial charge on any atom is -0.339 e. The Morgan fingerprint density at radius 2 is 1.85 bits per heavy atom. The van der Waals surface area contributed by atoms with E-state index >= 15 is 0 Å². The summed E-state index contributed by atoms with van der Waals surface area (Å²) in [5.74, 6) is 0.602. The van der Waals surface area contributed by atoms with Gasteiger partial charge in [-0.25, -0.2) is 9.67 Å². The fraction of sp³-hybridized carbons (Fsp3) is 0.350. The number of likely N-dealkylation sites (tertiary alicyclic amines) is 1. The van der Waals surface area contributed by atoms with Gasteiger partial charge in [0.2, 0.25) is 0 Å². The van der Waals surface area contributed by atoms with Crippen molar-refractivity contribution in [2.45, 2.75) is 32.6 Å². The van der Waals surface area contributed by atoms with Crippen molar-refractivity contribution in [2.24, 2.45) is 0 Å². The Hall–Kier alpha value is -2.47. The molecular formula is C20H22N4OS. The smallest absolute Gasteiger partial charge is 0.253 e. The second-order valence-electron chi connectivity index (χ2n) is 6.81. The van der Waals surface area contributed by atoms with E-state index in [9.17, 15) is 4.79 Å². The van der Waals surface area contributed by atoms with Gasteiger partial charge in [-0.3, -0.25) is 4.79 Å². The lowest BCUT2D eigenvalue weighted by atomic mass is 9.97. The van der Waals surface area contributed by atoms with Crippen molar-refractivity contribution >= 4 is 17.2 Å². The van der Waals surface area contributed by atoms with Crippen LogP contribution >= 0.6 is 11.3 Å². The highest BCUT2D eigenvalue weighted by molar-refractivity contribution is 7.11. The first kappa shape index (κ1) is 17.0. The Labute approximate surface area is 157 Å². The van der Waals surface area contributed by atoms with Gasteiger partial charge in [0.25, 0.3) is 5.91 Å². The maximum absolute atomic E-state index is 12.8. The third kappa shape index (κ3) is 3.29. The third-order valence-electron chi connectivity index (χ3n) is 4.96. The van der Waals surface area contributed by atoms with Crippen molar-refractivity contribution < 1.29 is 4.79 Å². The molecule has 0 radical (unpaired) electrons. The van der Waals surface area contributed by atoms with Crippen LogP contribution in [0.2, 0.25) is 0 Å². The maximum atomic E-state index is 12.8. The third-order valence-corrected chi connectivity index (χ3v) is 6.04. The number of hydrogen-bond donors (Lipinski definition) is 0. The average molecular weight is 366 g/mol. The van der Waals surface area contributed by atoms with Gasteiger partial charge in [0.1, 0.15) is 0 Å². The predicted octanol–water partition coefficient (Wildman–Crippen LogP) is 3.97. The van der Waals surface area contributed by atoms with Crippen LogP contribution in [-0.2, 0) is 0 Å². The van der Waals surface area contributed by atoms with Gasteiger partial charge < -0.3 is 4.90 Å². The fourth-order valence-electron chi connectivity index (χ4n) is 3.46. The Morgan fingerprint density at radius 3 is 2.42 bits per heavy atom. The van der Waals surface area contributed by atoms with Crippen molar-refractivity contribution in [1.29, 1.82) is 0 Å². The Morgan fingerprint density at radius 1 is 1.12 bits per heavy atom. The number of hydrogen-bond acceptors (Lipinski definition) is 4. The summed E-state index contributed by atoms with van der Waals surface area (Å²) in [6.07, 6.45) is 5.70. The lowest BCUT2D eigenvalue weighted by Crippen LogP contribution is -2.37. The van der Waals surface area contributed by atoms with Crippen LogP contribution in [0.1, 0.15) is 44.7 Å². The molecule has 0 bridgehead atoms. The van der Waals surface area contributed by atoms with Gasteiger partial charge in [-0.05, 0) is 57.0 Å². The normalized spacial score (nSPS) is 15.4. The van der Waals surface area contributed by atoms with Crippen LogP contribution in [0, 0.1) is 13.8 Å². The summed E-state index contributed by atoms with van der Waals surface area (Å²) < 4.78 is 1.87. The lowest BCUT2D eigenvalue weighted by Gasteiger charge is -2.31. The van der Waals surface area contributed by atoms with Gasteiger partial charge in [-0.2, -0.15) is 5.10 Å². The van der Waals surface area contributed by atoms with Crippen LogP contribution in [0.5, 0.6) is 0 Å². The first-order valence-corrected chi connectivity index (χ1v) is 9.76. The number of piperidine rings is 1. The number of thiazole rings is 1. The number of aryl methyl sites for hydroxylation is 2. The highest BCUT2D eigenvalue weighted by Gasteiger charge is 2.26. The topological polar surface area (TPSA) is 51.0 Å². The maximum Gasteiger partial charge on any atom is 0.253 e. The van der Waals surface area contributed by atoms with E-state index in [4.69, 9.17) is 0 Å². The average Bonchev–Trinajstić information content (AvgIpc) is 3.30. The minimum absolute atomic E-state index is 0.113. The molecule has 4 rings (SSSR count). The molecule has 0 spiro atoms. The molecule has 26 heavy (non-hydrogen) atoms. The molecule has 1 amide bonds. The fourth-order valence-corrected chi connectivity index (χ4v) is 4.40. The van der Waals surface area contributed by atoms with E-state index in [-0.39, 0.29) is 5.91 Å². The molecule has 1 aromatic carbocycles. The molecule has 1 saturated heterocycles. The van der Waals surface area contributed by atoms with E-state index in [1.54, 1.807) is 17.5 Å². The lowest BCUT2D eigenvalue weighted by molar-refractivity contribution is 0.0713. The molecule has 134 valence electrons. The van der Waals surface area contributed by atoms with Crippen molar-refractivity contribution in [1.82, 2.24) is 19.7 Å². The molecule has 0 unspecified atom stereocenters. The molecule has 1 aliphatic heterocycles. The first-order chi connectivity index (χ1) is 12.6. The molecule has 1 fully saturated rings. The largest absolute Gasteiger partial charge is 0.339 e. The van der Waals surface area contributed by atoms with E-state index in [0.717, 1.165) is 42.9 Å². The van der Waals surface area contributed by atoms with Crippen LogP contribution in [0.4, 0.5) is 0 Å². The van der Waals surface area contributed by atoms with E-state index in [2.05, 4.69) is 17.0 Å². The number of amides is 1. The zero-order chi connectivity index (χ0) is 18.1. The summed E-state index contributed by atoms with van der Waals surface area (Å²) in [5, 5.41) is 5.52. The summed E-state index contributed by atoms with van der Waals surface area (Å²) >= 11 is 1.78. The standard InChI is InChI=1S/C20H22N4OS/c1-14-7-10-22-24(14)18-5-3-17(4-6-18)20(25)23-11-8-16(9-12-23)19-21-13-15(2)26-19/h3-7,10,13,16H,8-9,11-12H2,1-2H3. The zero-order valence-corrected chi connectivity index (χ0v) is 15.9. The molecule has 0 saturated carbocycles. The highest BCUT2D eigenvalue weighted by atomic mass is 32.1. The van der Waals surface area contributed by atoms with Gasteiger partial charge in [-0.15, -0.1) is 11.3 Å². The molecule has 0 aliphatic carbocycles. The summed E-state index contributed by atoms with van der Waals surface area (Å²) in [4.78, 5) is 20.5. The molecular weight excluding hydrogens is 344 g/mol. The van der Waals surface area contributed by atoms with Gasteiger partial charge in [0.15, 0.2) is 0 Å². The Kier molecular flexibility index (Phi) is 4.59. The van der Waals surface area contributed by atoms with Gasteiger partial charge in [0, 0.05) is 47.5 Å². The quantitative estimate of drug-likeness (QED) is 0.705. The second kappa shape index (κ2) is 7.03. The first-order valence-electron chi connectivity index (χ1n) is 8.94. The molecule has 0 atom stereocenters. The van der Waals surface area contributed by atoms with Crippen molar-refractivity contribution in [2.75, 3.05) is 13.1 Å².